The number of rotatable bonds is 7. The van der Waals surface area contributed by atoms with Crippen molar-refractivity contribution in [3.63, 3.8) is 0 Å². The van der Waals surface area contributed by atoms with Crippen molar-refractivity contribution in [2.75, 3.05) is 5.32 Å². The lowest BCUT2D eigenvalue weighted by molar-refractivity contribution is -0.389. The minimum absolute atomic E-state index is 0.0975. The summed E-state index contributed by atoms with van der Waals surface area (Å²) in [4.78, 5) is 23.6. The summed E-state index contributed by atoms with van der Waals surface area (Å²) in [6.07, 6.45) is 0. The molecule has 1 aromatic carbocycles. The van der Waals surface area contributed by atoms with E-state index >= 15 is 0 Å². The Balaban J connectivity index is 1.57. The predicted octanol–water partition coefficient (Wildman–Crippen LogP) is 3.87. The molecule has 11 heteroatoms. The molecule has 3 heterocycles. The predicted molar refractivity (Wildman–Crippen MR) is 124 cm³/mol. The molecule has 176 valence electrons. The van der Waals surface area contributed by atoms with E-state index in [9.17, 15) is 14.9 Å². The summed E-state index contributed by atoms with van der Waals surface area (Å²) in [5.41, 5.74) is 5.56. The van der Waals surface area contributed by atoms with Crippen LogP contribution in [0.5, 0.6) is 0 Å². The van der Waals surface area contributed by atoms with Gasteiger partial charge < -0.3 is 20.0 Å². The summed E-state index contributed by atoms with van der Waals surface area (Å²) in [6.45, 7) is 9.85. The van der Waals surface area contributed by atoms with E-state index in [-0.39, 0.29) is 18.1 Å². The van der Waals surface area contributed by atoms with Crippen molar-refractivity contribution in [2.24, 2.45) is 0 Å². The molecule has 0 fully saturated rings. The summed E-state index contributed by atoms with van der Waals surface area (Å²) < 4.78 is 8.57. The molecule has 0 atom stereocenters. The molecule has 1 N–H and O–H groups in total. The fourth-order valence-corrected chi connectivity index (χ4v) is 3.84. The molecule has 4 aromatic rings. The number of anilines is 1. The van der Waals surface area contributed by atoms with E-state index in [1.165, 1.54) is 16.3 Å². The van der Waals surface area contributed by atoms with Crippen LogP contribution in [0.2, 0.25) is 0 Å². The molecule has 0 aliphatic carbocycles. The fourth-order valence-electron chi connectivity index (χ4n) is 3.84. The molecular weight excluding hydrogens is 438 g/mol. The van der Waals surface area contributed by atoms with E-state index in [0.717, 1.165) is 11.3 Å². The van der Waals surface area contributed by atoms with Gasteiger partial charge in [-0.15, -0.1) is 0 Å². The highest BCUT2D eigenvalue weighted by Gasteiger charge is 2.25. The average Bonchev–Trinajstić information content (AvgIpc) is 3.41. The van der Waals surface area contributed by atoms with E-state index in [1.54, 1.807) is 13.8 Å². The summed E-state index contributed by atoms with van der Waals surface area (Å²) in [7, 11) is 0. The fraction of sp³-hybridized carbons (Fsp3) is 0.304. The second kappa shape index (κ2) is 8.93. The summed E-state index contributed by atoms with van der Waals surface area (Å²) in [6, 6.07) is 9.55. The Morgan fingerprint density at radius 3 is 2.53 bits per heavy atom. The van der Waals surface area contributed by atoms with Crippen LogP contribution < -0.4 is 5.32 Å². The number of nitro groups is 1. The van der Waals surface area contributed by atoms with Gasteiger partial charge in [0.25, 0.3) is 5.91 Å². The maximum Gasteiger partial charge on any atom is 0.390 e. The quantitative estimate of drug-likeness (QED) is 0.325. The number of benzene rings is 1. The van der Waals surface area contributed by atoms with Crippen LogP contribution in [0.1, 0.15) is 50.0 Å². The van der Waals surface area contributed by atoms with Crippen molar-refractivity contribution in [1.82, 2.24) is 24.7 Å². The van der Waals surface area contributed by atoms with Gasteiger partial charge in [-0.2, -0.15) is 9.78 Å². The molecule has 0 saturated carbocycles. The smallest absolute Gasteiger partial charge is 0.361 e. The van der Waals surface area contributed by atoms with Gasteiger partial charge in [-0.3, -0.25) is 9.48 Å². The molecule has 4 rings (SSSR count). The lowest BCUT2D eigenvalue weighted by atomic mass is 10.1. The van der Waals surface area contributed by atoms with Crippen molar-refractivity contribution in [2.45, 2.75) is 47.7 Å². The molecule has 34 heavy (non-hydrogen) atoms. The third kappa shape index (κ3) is 4.45. The third-order valence-corrected chi connectivity index (χ3v) is 5.70. The van der Waals surface area contributed by atoms with Crippen LogP contribution in [-0.2, 0) is 13.1 Å². The minimum Gasteiger partial charge on any atom is -0.361 e. The Bertz CT molecular complexity index is 1400. The Morgan fingerprint density at radius 2 is 1.85 bits per heavy atom. The van der Waals surface area contributed by atoms with Gasteiger partial charge in [0, 0.05) is 0 Å². The zero-order valence-corrected chi connectivity index (χ0v) is 19.6. The van der Waals surface area contributed by atoms with Gasteiger partial charge in [0.05, 0.1) is 52.6 Å². The maximum atomic E-state index is 13.1. The summed E-state index contributed by atoms with van der Waals surface area (Å²) in [5, 5.41) is 26.5. The Morgan fingerprint density at radius 1 is 1.09 bits per heavy atom. The van der Waals surface area contributed by atoms with Crippen molar-refractivity contribution in [1.29, 1.82) is 0 Å². The van der Waals surface area contributed by atoms with Crippen molar-refractivity contribution in [3.8, 4) is 0 Å². The number of aryl methyl sites for hydroxylation is 4. The number of aromatic nitrogens is 5. The molecule has 0 aliphatic rings. The number of hydrogen-bond donors (Lipinski definition) is 1. The van der Waals surface area contributed by atoms with Gasteiger partial charge in [0.15, 0.2) is 5.69 Å². The third-order valence-electron chi connectivity index (χ3n) is 5.70. The van der Waals surface area contributed by atoms with Gasteiger partial charge in [0.1, 0.15) is 5.76 Å². The standard InChI is InChI=1S/C23H25N7O4/c1-13-7-6-8-18(9-13)11-29-16(4)21(15(3)25-29)24-23(31)22-19(17(5)34-27-22)12-28-14(2)10-20(26-28)30(32)33/h6-10H,11-12H2,1-5H3,(H,24,31). The lowest BCUT2D eigenvalue weighted by Crippen LogP contribution is -2.17. The summed E-state index contributed by atoms with van der Waals surface area (Å²) in [5.74, 6) is -0.274. The molecule has 11 nitrogen and oxygen atoms in total. The number of hydrogen-bond acceptors (Lipinski definition) is 7. The minimum atomic E-state index is -0.558. The maximum absolute atomic E-state index is 13.1. The Kier molecular flexibility index (Phi) is 6.01. The van der Waals surface area contributed by atoms with E-state index in [4.69, 9.17) is 4.52 Å². The monoisotopic (exact) mass is 463 g/mol. The van der Waals surface area contributed by atoms with Crippen LogP contribution in [0.3, 0.4) is 0 Å². The van der Waals surface area contributed by atoms with Crippen LogP contribution in [-0.4, -0.2) is 35.5 Å². The Hall–Kier alpha value is -4.28. The number of nitrogens with one attached hydrogen (secondary N) is 1. The Labute approximate surface area is 195 Å². The first-order valence-corrected chi connectivity index (χ1v) is 10.7. The van der Waals surface area contributed by atoms with Gasteiger partial charge in [-0.05, 0) is 45.1 Å². The van der Waals surface area contributed by atoms with E-state index in [2.05, 4.69) is 26.7 Å². The van der Waals surface area contributed by atoms with Crippen LogP contribution in [0.25, 0.3) is 0 Å². The van der Waals surface area contributed by atoms with E-state index in [0.29, 0.717) is 34.9 Å². The zero-order chi connectivity index (χ0) is 24.6. The number of amides is 1. The van der Waals surface area contributed by atoms with Gasteiger partial charge in [0.2, 0.25) is 0 Å². The molecule has 1 amide bonds. The van der Waals surface area contributed by atoms with Crippen molar-refractivity contribution < 1.29 is 14.2 Å². The number of carbonyl (C=O) groups is 1. The molecule has 0 spiro atoms. The van der Waals surface area contributed by atoms with E-state index < -0.39 is 10.8 Å². The zero-order valence-electron chi connectivity index (χ0n) is 19.6. The van der Waals surface area contributed by atoms with E-state index in [1.807, 2.05) is 43.7 Å². The first-order chi connectivity index (χ1) is 16.1. The molecule has 0 unspecified atom stereocenters. The van der Waals surface area contributed by atoms with Crippen molar-refractivity contribution >= 4 is 17.4 Å². The SMILES string of the molecule is Cc1cccc(Cn2nc(C)c(NC(=O)c3noc(C)c3Cn3nc([N+](=O)[O-])cc3C)c2C)c1. The molecule has 0 saturated heterocycles. The molecule has 0 bridgehead atoms. The molecule has 0 aliphatic heterocycles. The normalized spacial score (nSPS) is 11.1. The topological polar surface area (TPSA) is 134 Å². The number of carbonyl (C=O) groups excluding carboxylic acids is 1. The van der Waals surface area contributed by atoms with Gasteiger partial charge >= 0.3 is 5.82 Å². The van der Waals surface area contributed by atoms with Gasteiger partial charge in [-0.25, -0.2) is 0 Å². The second-order valence-corrected chi connectivity index (χ2v) is 8.27. The largest absolute Gasteiger partial charge is 0.390 e. The number of nitrogens with zero attached hydrogens (tertiary/aromatic N) is 6. The first-order valence-electron chi connectivity index (χ1n) is 10.7. The van der Waals surface area contributed by atoms with Crippen LogP contribution in [0.15, 0.2) is 34.9 Å². The van der Waals surface area contributed by atoms with Crippen LogP contribution >= 0.6 is 0 Å². The highest BCUT2D eigenvalue weighted by molar-refractivity contribution is 6.04. The van der Waals surface area contributed by atoms with Crippen LogP contribution in [0, 0.1) is 44.7 Å². The van der Waals surface area contributed by atoms with Gasteiger partial charge in [-0.1, -0.05) is 35.0 Å². The molecular formula is C23H25N7O4. The lowest BCUT2D eigenvalue weighted by Gasteiger charge is -2.08. The summed E-state index contributed by atoms with van der Waals surface area (Å²) >= 11 is 0. The highest BCUT2D eigenvalue weighted by atomic mass is 16.6. The molecule has 0 radical (unpaired) electrons. The molecule has 3 aromatic heterocycles. The highest BCUT2D eigenvalue weighted by Crippen LogP contribution is 2.24. The first kappa shape index (κ1) is 22.9. The average molecular weight is 463 g/mol. The van der Waals surface area contributed by atoms with Crippen LogP contribution in [0.4, 0.5) is 11.5 Å². The second-order valence-electron chi connectivity index (χ2n) is 8.27. The van der Waals surface area contributed by atoms with Crippen molar-refractivity contribution in [3.05, 3.63) is 85.7 Å².